The van der Waals surface area contributed by atoms with Gasteiger partial charge in [0.2, 0.25) is 10.0 Å². The predicted octanol–water partition coefficient (Wildman–Crippen LogP) is 1.67. The Labute approximate surface area is 200 Å². The van der Waals surface area contributed by atoms with E-state index in [4.69, 9.17) is 4.74 Å². The number of guanidine groups is 1. The van der Waals surface area contributed by atoms with Gasteiger partial charge in [0.05, 0.1) is 18.5 Å². The minimum Gasteiger partial charge on any atom is -0.378 e. The molecule has 0 amide bonds. The lowest BCUT2D eigenvalue weighted by molar-refractivity contribution is 0.0904. The number of ether oxygens (including phenoxy) is 1. The lowest BCUT2D eigenvalue weighted by atomic mass is 9.97. The van der Waals surface area contributed by atoms with Crippen molar-refractivity contribution in [1.82, 2.24) is 19.4 Å². The van der Waals surface area contributed by atoms with Crippen molar-refractivity contribution in [3.05, 3.63) is 0 Å². The Balaban J connectivity index is 0.00000450. The molecule has 8 nitrogen and oxygen atoms in total. The molecule has 30 heavy (non-hydrogen) atoms. The maximum absolute atomic E-state index is 12.5. The molecular formula is C20H42IN5O3S. The number of likely N-dealkylation sites (tertiary alicyclic amines) is 1. The van der Waals surface area contributed by atoms with Crippen LogP contribution >= 0.6 is 24.0 Å². The number of piperidine rings is 1. The summed E-state index contributed by atoms with van der Waals surface area (Å²) in [6, 6.07) is 0. The number of nitrogens with one attached hydrogen (secondary N) is 1. The Morgan fingerprint density at radius 3 is 2.30 bits per heavy atom. The fourth-order valence-corrected chi connectivity index (χ4v) is 5.28. The highest BCUT2D eigenvalue weighted by molar-refractivity contribution is 14.0. The topological polar surface area (TPSA) is 77.5 Å². The van der Waals surface area contributed by atoms with E-state index in [-0.39, 0.29) is 42.4 Å². The molecule has 1 N–H and O–H groups in total. The molecule has 2 fully saturated rings. The van der Waals surface area contributed by atoms with E-state index < -0.39 is 10.0 Å². The Bertz CT molecular complexity index is 602. The van der Waals surface area contributed by atoms with Crippen LogP contribution in [-0.2, 0) is 14.8 Å². The molecule has 0 spiro atoms. The van der Waals surface area contributed by atoms with E-state index in [2.05, 4.69) is 27.0 Å². The van der Waals surface area contributed by atoms with Crippen molar-refractivity contribution in [1.29, 1.82) is 0 Å². The summed E-state index contributed by atoms with van der Waals surface area (Å²) >= 11 is 0. The zero-order valence-electron chi connectivity index (χ0n) is 19.2. The Kier molecular flexibility index (Phi) is 13.1. The van der Waals surface area contributed by atoms with Gasteiger partial charge in [-0.25, -0.2) is 8.42 Å². The number of nitrogens with zero attached hydrogens (tertiary/aromatic N) is 4. The molecule has 10 heteroatoms. The van der Waals surface area contributed by atoms with Gasteiger partial charge in [0.25, 0.3) is 0 Å². The predicted molar refractivity (Wildman–Crippen MR) is 134 cm³/mol. The molecule has 0 unspecified atom stereocenters. The second kappa shape index (κ2) is 14.1. The van der Waals surface area contributed by atoms with Gasteiger partial charge < -0.3 is 19.9 Å². The highest BCUT2D eigenvalue weighted by Crippen LogP contribution is 2.17. The number of halogens is 1. The number of piperazine rings is 1. The minimum absolute atomic E-state index is 0. The molecule has 0 aromatic rings. The van der Waals surface area contributed by atoms with Crippen LogP contribution in [0.4, 0.5) is 0 Å². The molecule has 0 radical (unpaired) electrons. The van der Waals surface area contributed by atoms with E-state index in [0.29, 0.717) is 32.1 Å². The number of hydrogen-bond acceptors (Lipinski definition) is 5. The van der Waals surface area contributed by atoms with E-state index in [9.17, 15) is 8.42 Å². The van der Waals surface area contributed by atoms with Gasteiger partial charge in [0.15, 0.2) is 5.96 Å². The average molecular weight is 560 g/mol. The second-order valence-corrected chi connectivity index (χ2v) is 10.4. The van der Waals surface area contributed by atoms with Gasteiger partial charge in [-0.1, -0.05) is 6.92 Å². The van der Waals surface area contributed by atoms with E-state index in [0.717, 1.165) is 12.5 Å². The van der Waals surface area contributed by atoms with Gasteiger partial charge >= 0.3 is 0 Å². The summed E-state index contributed by atoms with van der Waals surface area (Å²) in [5.41, 5.74) is 0. The van der Waals surface area contributed by atoms with Gasteiger partial charge in [-0.05, 0) is 58.7 Å². The van der Waals surface area contributed by atoms with Crippen LogP contribution in [0.25, 0.3) is 0 Å². The summed E-state index contributed by atoms with van der Waals surface area (Å²) < 4.78 is 32.0. The van der Waals surface area contributed by atoms with Crippen LogP contribution in [0.1, 0.15) is 40.0 Å². The third-order valence-corrected chi connectivity index (χ3v) is 7.57. The van der Waals surface area contributed by atoms with Crippen molar-refractivity contribution in [3.63, 3.8) is 0 Å². The van der Waals surface area contributed by atoms with E-state index >= 15 is 0 Å². The van der Waals surface area contributed by atoms with Crippen LogP contribution in [0, 0.1) is 5.92 Å². The first-order chi connectivity index (χ1) is 13.9. The summed E-state index contributed by atoms with van der Waals surface area (Å²) in [5, 5.41) is 3.53. The van der Waals surface area contributed by atoms with Crippen LogP contribution in [0.15, 0.2) is 4.99 Å². The molecule has 2 saturated heterocycles. The van der Waals surface area contributed by atoms with Crippen LogP contribution in [0.2, 0.25) is 0 Å². The molecule has 2 rings (SSSR count). The Hall–Kier alpha value is -0.170. The van der Waals surface area contributed by atoms with Crippen LogP contribution < -0.4 is 5.32 Å². The monoisotopic (exact) mass is 559 g/mol. The highest BCUT2D eigenvalue weighted by atomic mass is 127. The normalized spacial score (nSPS) is 20.4. The van der Waals surface area contributed by atoms with Gasteiger partial charge in [0, 0.05) is 39.8 Å². The number of rotatable bonds is 9. The second-order valence-electron chi connectivity index (χ2n) is 8.33. The highest BCUT2D eigenvalue weighted by Gasteiger charge is 2.28. The van der Waals surface area contributed by atoms with Gasteiger partial charge in [0.1, 0.15) is 0 Å². The van der Waals surface area contributed by atoms with Crippen molar-refractivity contribution in [2.24, 2.45) is 10.9 Å². The van der Waals surface area contributed by atoms with E-state index in [1.165, 1.54) is 38.9 Å². The van der Waals surface area contributed by atoms with Crippen molar-refractivity contribution in [2.75, 3.05) is 71.8 Å². The van der Waals surface area contributed by atoms with Crippen molar-refractivity contribution >= 4 is 40.0 Å². The molecule has 0 atom stereocenters. The number of aliphatic imine (C=N–C) groups is 1. The largest absolute Gasteiger partial charge is 0.378 e. The lowest BCUT2D eigenvalue weighted by Gasteiger charge is -2.37. The van der Waals surface area contributed by atoms with E-state index in [1.54, 1.807) is 11.4 Å². The molecule has 2 heterocycles. The summed E-state index contributed by atoms with van der Waals surface area (Å²) in [6.07, 6.45) is 3.74. The van der Waals surface area contributed by atoms with Crippen molar-refractivity contribution in [2.45, 2.75) is 46.1 Å². The molecule has 178 valence electrons. The first-order valence-corrected chi connectivity index (χ1v) is 12.7. The van der Waals surface area contributed by atoms with E-state index in [1.807, 2.05) is 13.8 Å². The lowest BCUT2D eigenvalue weighted by Crippen LogP contribution is -2.54. The Morgan fingerprint density at radius 2 is 1.77 bits per heavy atom. The molecular weight excluding hydrogens is 517 g/mol. The van der Waals surface area contributed by atoms with Crippen LogP contribution in [-0.4, -0.2) is 106 Å². The first-order valence-electron chi connectivity index (χ1n) is 11.1. The Morgan fingerprint density at radius 1 is 1.13 bits per heavy atom. The molecule has 0 aromatic heterocycles. The quantitative estimate of drug-likeness (QED) is 0.263. The maximum Gasteiger partial charge on any atom is 0.216 e. The van der Waals surface area contributed by atoms with Gasteiger partial charge in [-0.2, -0.15) is 4.31 Å². The smallest absolute Gasteiger partial charge is 0.216 e. The number of sulfonamides is 1. The molecule has 0 bridgehead atoms. The molecule has 0 saturated carbocycles. The zero-order valence-corrected chi connectivity index (χ0v) is 22.3. The summed E-state index contributed by atoms with van der Waals surface area (Å²) in [5.74, 6) is 1.62. The average Bonchev–Trinajstić information content (AvgIpc) is 2.70. The summed E-state index contributed by atoms with van der Waals surface area (Å²) in [6.45, 7) is 13.2. The first kappa shape index (κ1) is 27.9. The van der Waals surface area contributed by atoms with Crippen molar-refractivity contribution in [3.8, 4) is 0 Å². The summed E-state index contributed by atoms with van der Waals surface area (Å²) in [4.78, 5) is 9.15. The minimum atomic E-state index is -3.26. The standard InChI is InChI=1S/C20H41N5O3S.HI/c1-5-8-23-9-6-19(7-10-23)17-22-20(21-4)24-11-13-25(14-12-24)29(26,27)16-15-28-18(2)3;/h18-19H,5-17H2,1-4H3,(H,21,22);1H. The zero-order chi connectivity index (χ0) is 21.3. The fourth-order valence-electron chi connectivity index (χ4n) is 3.99. The third kappa shape index (κ3) is 9.13. The van der Waals surface area contributed by atoms with Gasteiger partial charge in [-0.15, -0.1) is 24.0 Å². The van der Waals surface area contributed by atoms with Crippen LogP contribution in [0.5, 0.6) is 0 Å². The maximum atomic E-state index is 12.5. The third-order valence-electron chi connectivity index (χ3n) is 5.73. The molecule has 0 aliphatic carbocycles. The van der Waals surface area contributed by atoms with Gasteiger partial charge in [-0.3, -0.25) is 4.99 Å². The van der Waals surface area contributed by atoms with Crippen molar-refractivity contribution < 1.29 is 13.2 Å². The molecule has 2 aliphatic heterocycles. The summed E-state index contributed by atoms with van der Waals surface area (Å²) in [7, 11) is -1.45. The van der Waals surface area contributed by atoms with Crippen LogP contribution in [0.3, 0.4) is 0 Å². The fraction of sp³-hybridized carbons (Fsp3) is 0.950. The SMILES string of the molecule is CCCN1CCC(CNC(=NC)N2CCN(S(=O)(=O)CCOC(C)C)CC2)CC1.I. The molecule has 0 aromatic carbocycles. The molecule has 2 aliphatic rings. The number of hydrogen-bond donors (Lipinski definition) is 1.